The van der Waals surface area contributed by atoms with Crippen molar-refractivity contribution in [3.63, 3.8) is 0 Å². The Hall–Kier alpha value is -1.77. The van der Waals surface area contributed by atoms with Gasteiger partial charge in [0, 0.05) is 6.20 Å². The molecule has 0 spiro atoms. The highest BCUT2D eigenvalue weighted by molar-refractivity contribution is 6.01. The molecule has 66 valence electrons. The monoisotopic (exact) mass is 175 g/mol. The van der Waals surface area contributed by atoms with E-state index in [1.165, 1.54) is 0 Å². The van der Waals surface area contributed by atoms with Crippen LogP contribution in [-0.2, 0) is 4.79 Å². The molecule has 0 aliphatic carbocycles. The molecule has 0 amide bonds. The van der Waals surface area contributed by atoms with E-state index in [9.17, 15) is 9.59 Å². The van der Waals surface area contributed by atoms with Crippen molar-refractivity contribution < 1.29 is 9.59 Å². The molecule has 0 saturated carbocycles. The third kappa shape index (κ3) is 2.33. The molecule has 0 atom stereocenters. The number of hydrogen-bond donors (Lipinski definition) is 0. The van der Waals surface area contributed by atoms with E-state index in [0.717, 1.165) is 5.56 Å². The summed E-state index contributed by atoms with van der Waals surface area (Å²) in [6.07, 6.45) is 3.65. The summed E-state index contributed by atoms with van der Waals surface area (Å²) in [6.45, 7) is 3.56. The van der Waals surface area contributed by atoms with Crippen LogP contribution < -0.4 is 0 Å². The minimum atomic E-state index is -0.259. The fourth-order valence-corrected chi connectivity index (χ4v) is 0.871. The summed E-state index contributed by atoms with van der Waals surface area (Å²) in [5.41, 5.74) is 1.17. The van der Waals surface area contributed by atoms with Gasteiger partial charge in [-0.2, -0.15) is 0 Å². The molecular formula is C10H9NO2. The van der Waals surface area contributed by atoms with Crippen molar-refractivity contribution in [2.75, 3.05) is 0 Å². The van der Waals surface area contributed by atoms with Crippen molar-refractivity contribution in [3.05, 3.63) is 36.2 Å². The van der Waals surface area contributed by atoms with Gasteiger partial charge in [-0.3, -0.25) is 9.78 Å². The third-order valence-electron chi connectivity index (χ3n) is 1.58. The van der Waals surface area contributed by atoms with Crippen LogP contribution in [0.1, 0.15) is 22.5 Å². The van der Waals surface area contributed by atoms with Crippen LogP contribution in [0, 0.1) is 0 Å². The van der Waals surface area contributed by atoms with Gasteiger partial charge in [0.25, 0.3) is 0 Å². The maximum Gasteiger partial charge on any atom is 0.188 e. The zero-order valence-corrected chi connectivity index (χ0v) is 7.06. The zero-order chi connectivity index (χ0) is 9.68. The van der Waals surface area contributed by atoms with E-state index in [-0.39, 0.29) is 12.2 Å². The molecule has 3 heteroatoms. The Balaban J connectivity index is 2.85. The van der Waals surface area contributed by atoms with Gasteiger partial charge in [0.05, 0.1) is 6.42 Å². The molecule has 0 radical (unpaired) electrons. The van der Waals surface area contributed by atoms with Crippen LogP contribution in [0.25, 0.3) is 6.08 Å². The molecule has 0 unspecified atom stereocenters. The highest BCUT2D eigenvalue weighted by Crippen LogP contribution is 2.03. The van der Waals surface area contributed by atoms with E-state index in [1.54, 1.807) is 24.4 Å². The predicted molar refractivity (Wildman–Crippen MR) is 49.3 cm³/mol. The van der Waals surface area contributed by atoms with Crippen molar-refractivity contribution in [2.24, 2.45) is 0 Å². The van der Waals surface area contributed by atoms with Gasteiger partial charge in [-0.25, -0.2) is 0 Å². The van der Waals surface area contributed by atoms with Crippen molar-refractivity contribution in [1.82, 2.24) is 4.98 Å². The number of carbonyl (C=O) groups is 2. The van der Waals surface area contributed by atoms with Crippen molar-refractivity contribution in [2.45, 2.75) is 6.42 Å². The molecule has 1 aromatic heterocycles. The first-order valence-corrected chi connectivity index (χ1v) is 3.83. The molecule has 0 N–H and O–H groups in total. The second-order valence-corrected chi connectivity index (χ2v) is 2.47. The third-order valence-corrected chi connectivity index (χ3v) is 1.58. The highest BCUT2D eigenvalue weighted by atomic mass is 16.1. The van der Waals surface area contributed by atoms with E-state index in [4.69, 9.17) is 0 Å². The van der Waals surface area contributed by atoms with Crippen molar-refractivity contribution in [1.29, 1.82) is 0 Å². The van der Waals surface area contributed by atoms with Crippen LogP contribution in [0.2, 0.25) is 0 Å². The predicted octanol–water partition coefficient (Wildman–Crippen LogP) is 1.50. The van der Waals surface area contributed by atoms with Crippen LogP contribution in [0.3, 0.4) is 0 Å². The highest BCUT2D eigenvalue weighted by Gasteiger charge is 2.04. The number of carbonyl (C=O) groups excluding carboxylic acids is 2. The van der Waals surface area contributed by atoms with Gasteiger partial charge < -0.3 is 4.79 Å². The minimum Gasteiger partial charge on any atom is -0.303 e. The van der Waals surface area contributed by atoms with Crippen LogP contribution in [0.15, 0.2) is 24.9 Å². The smallest absolute Gasteiger partial charge is 0.188 e. The van der Waals surface area contributed by atoms with E-state index in [0.29, 0.717) is 12.0 Å². The van der Waals surface area contributed by atoms with Gasteiger partial charge in [0.1, 0.15) is 12.0 Å². The van der Waals surface area contributed by atoms with Crippen LogP contribution >= 0.6 is 0 Å². The lowest BCUT2D eigenvalue weighted by Gasteiger charge is -1.96. The Labute approximate surface area is 76.1 Å². The summed E-state index contributed by atoms with van der Waals surface area (Å²) in [7, 11) is 0. The summed E-state index contributed by atoms with van der Waals surface area (Å²) in [5.74, 6) is -0.259. The molecule has 0 fully saturated rings. The number of nitrogens with zero attached hydrogens (tertiary/aromatic N) is 1. The second-order valence-electron chi connectivity index (χ2n) is 2.47. The number of aldehydes is 1. The molecule has 1 heterocycles. The van der Waals surface area contributed by atoms with Crippen LogP contribution in [0.4, 0.5) is 0 Å². The number of aromatic nitrogens is 1. The van der Waals surface area contributed by atoms with Crippen molar-refractivity contribution in [3.8, 4) is 0 Å². The van der Waals surface area contributed by atoms with Crippen LogP contribution in [0.5, 0.6) is 0 Å². The first kappa shape index (κ1) is 9.32. The number of pyridine rings is 1. The Morgan fingerprint density at radius 1 is 1.54 bits per heavy atom. The van der Waals surface area contributed by atoms with Crippen molar-refractivity contribution >= 4 is 18.1 Å². The average molecular weight is 175 g/mol. The zero-order valence-electron chi connectivity index (χ0n) is 7.06. The Morgan fingerprint density at radius 2 is 2.31 bits per heavy atom. The maximum absolute atomic E-state index is 11.1. The number of rotatable bonds is 4. The number of Topliss-reactive ketones (excluding diaryl/α,β-unsaturated/α-hetero) is 1. The summed E-state index contributed by atoms with van der Waals surface area (Å²) in [4.78, 5) is 25.1. The molecule has 1 rings (SSSR count). The lowest BCUT2D eigenvalue weighted by Crippen LogP contribution is -2.02. The topological polar surface area (TPSA) is 47.0 Å². The lowest BCUT2D eigenvalue weighted by atomic mass is 10.2. The molecule has 1 aromatic rings. The van der Waals surface area contributed by atoms with Gasteiger partial charge >= 0.3 is 0 Å². The summed E-state index contributed by atoms with van der Waals surface area (Å²) < 4.78 is 0. The molecule has 0 aliphatic rings. The molecule has 0 saturated heterocycles. The molecule has 0 bridgehead atoms. The molecular weight excluding hydrogens is 166 g/mol. The molecule has 13 heavy (non-hydrogen) atoms. The van der Waals surface area contributed by atoms with Gasteiger partial charge in [-0.05, 0) is 11.6 Å². The largest absolute Gasteiger partial charge is 0.303 e. The Bertz CT molecular complexity index is 327. The number of hydrogen-bond acceptors (Lipinski definition) is 3. The summed E-state index contributed by atoms with van der Waals surface area (Å²) >= 11 is 0. The lowest BCUT2D eigenvalue weighted by molar-refractivity contribution is -0.107. The SMILES string of the molecule is C=Cc1ccc(C(=O)CC=O)nc1. The van der Waals surface area contributed by atoms with E-state index in [1.807, 2.05) is 0 Å². The van der Waals surface area contributed by atoms with Gasteiger partial charge in [-0.15, -0.1) is 0 Å². The Morgan fingerprint density at radius 3 is 2.77 bits per heavy atom. The van der Waals surface area contributed by atoms with Crippen LogP contribution in [-0.4, -0.2) is 17.1 Å². The van der Waals surface area contributed by atoms with Gasteiger partial charge in [0.15, 0.2) is 5.78 Å². The van der Waals surface area contributed by atoms with Gasteiger partial charge in [0.2, 0.25) is 0 Å². The standard InChI is InChI=1S/C10H9NO2/c1-2-8-3-4-9(11-7-8)10(13)5-6-12/h2-4,6-7H,1,5H2. The fraction of sp³-hybridized carbons (Fsp3) is 0.100. The van der Waals surface area contributed by atoms with E-state index >= 15 is 0 Å². The maximum atomic E-state index is 11.1. The molecule has 3 nitrogen and oxygen atoms in total. The molecule has 0 aliphatic heterocycles. The Kier molecular flexibility index (Phi) is 3.09. The minimum absolute atomic E-state index is 0.111. The molecule has 0 aromatic carbocycles. The normalized spacial score (nSPS) is 9.23. The van der Waals surface area contributed by atoms with E-state index in [2.05, 4.69) is 11.6 Å². The van der Waals surface area contributed by atoms with E-state index < -0.39 is 0 Å². The second kappa shape index (κ2) is 4.30. The average Bonchev–Trinajstić information content (AvgIpc) is 2.18. The summed E-state index contributed by atoms with van der Waals surface area (Å²) in [5, 5.41) is 0. The van der Waals surface area contributed by atoms with Gasteiger partial charge in [-0.1, -0.05) is 18.7 Å². The first-order valence-electron chi connectivity index (χ1n) is 3.83. The summed E-state index contributed by atoms with van der Waals surface area (Å²) in [6, 6.07) is 3.32. The quantitative estimate of drug-likeness (QED) is 0.395. The fourth-order valence-electron chi connectivity index (χ4n) is 0.871. The number of ketones is 1. The first-order chi connectivity index (χ1) is 6.27.